The normalized spacial score (nSPS) is 27.9. The van der Waals surface area contributed by atoms with Crippen LogP contribution >= 0.6 is 0 Å². The molecule has 1 aliphatic heterocycles. The molecule has 0 saturated heterocycles. The quantitative estimate of drug-likeness (QED) is 0.733. The topological polar surface area (TPSA) is 32.3 Å². The van der Waals surface area contributed by atoms with E-state index in [1.807, 2.05) is 0 Å². The largest absolute Gasteiger partial charge is 0.388 e. The van der Waals surface area contributed by atoms with Gasteiger partial charge < -0.3 is 10.4 Å². The second kappa shape index (κ2) is 3.32. The fraction of sp³-hybridized carbons (Fsp3) is 0.538. The summed E-state index contributed by atoms with van der Waals surface area (Å²) in [5.74, 6) is 0. The SMILES string of the molecule is OC1(C2NCc3ccccc32)CCCC1. The molecule has 1 fully saturated rings. The van der Waals surface area contributed by atoms with E-state index in [0.29, 0.717) is 0 Å². The summed E-state index contributed by atoms with van der Waals surface area (Å²) >= 11 is 0. The van der Waals surface area contributed by atoms with Crippen LogP contribution < -0.4 is 5.32 Å². The molecule has 2 nitrogen and oxygen atoms in total. The van der Waals surface area contributed by atoms with Crippen molar-refractivity contribution in [1.29, 1.82) is 0 Å². The zero-order valence-corrected chi connectivity index (χ0v) is 8.87. The van der Waals surface area contributed by atoms with Gasteiger partial charge in [-0.25, -0.2) is 0 Å². The fourth-order valence-corrected chi connectivity index (χ4v) is 3.05. The second-order valence-corrected chi connectivity index (χ2v) is 4.82. The van der Waals surface area contributed by atoms with E-state index >= 15 is 0 Å². The Bertz CT molecular complexity index is 369. The van der Waals surface area contributed by atoms with E-state index in [1.165, 1.54) is 11.1 Å². The highest BCUT2D eigenvalue weighted by atomic mass is 16.3. The lowest BCUT2D eigenvalue weighted by atomic mass is 9.88. The zero-order chi connectivity index (χ0) is 10.3. The number of aliphatic hydroxyl groups is 1. The molecule has 80 valence electrons. The van der Waals surface area contributed by atoms with E-state index in [9.17, 15) is 5.11 Å². The number of benzene rings is 1. The first kappa shape index (κ1) is 9.37. The van der Waals surface area contributed by atoms with Crippen LogP contribution in [0.3, 0.4) is 0 Å². The van der Waals surface area contributed by atoms with E-state index in [-0.39, 0.29) is 6.04 Å². The molecule has 2 N–H and O–H groups in total. The van der Waals surface area contributed by atoms with Gasteiger partial charge in [0.25, 0.3) is 0 Å². The number of fused-ring (bicyclic) bond motifs is 1. The molecule has 1 heterocycles. The van der Waals surface area contributed by atoms with Gasteiger partial charge in [0, 0.05) is 6.54 Å². The Labute approximate surface area is 90.3 Å². The van der Waals surface area contributed by atoms with Crippen LogP contribution in [-0.4, -0.2) is 10.7 Å². The van der Waals surface area contributed by atoms with Gasteiger partial charge >= 0.3 is 0 Å². The van der Waals surface area contributed by atoms with Crippen molar-refractivity contribution in [3.8, 4) is 0 Å². The average Bonchev–Trinajstić information content (AvgIpc) is 2.84. The predicted octanol–water partition coefficient (Wildman–Crippen LogP) is 2.14. The van der Waals surface area contributed by atoms with Gasteiger partial charge in [0.1, 0.15) is 0 Å². The van der Waals surface area contributed by atoms with Gasteiger partial charge in [0.2, 0.25) is 0 Å². The van der Waals surface area contributed by atoms with Gasteiger partial charge in [-0.15, -0.1) is 0 Å². The molecule has 1 unspecified atom stereocenters. The van der Waals surface area contributed by atoms with Crippen LogP contribution in [0.15, 0.2) is 24.3 Å². The van der Waals surface area contributed by atoms with Crippen LogP contribution in [0.5, 0.6) is 0 Å². The molecule has 3 rings (SSSR count). The summed E-state index contributed by atoms with van der Waals surface area (Å²) in [6.45, 7) is 0.906. The van der Waals surface area contributed by atoms with Crippen molar-refractivity contribution in [2.24, 2.45) is 0 Å². The first-order chi connectivity index (χ1) is 7.30. The Balaban J connectivity index is 1.96. The third kappa shape index (κ3) is 1.40. The molecule has 0 bridgehead atoms. The Morgan fingerprint density at radius 2 is 1.93 bits per heavy atom. The number of nitrogens with one attached hydrogen (secondary N) is 1. The zero-order valence-electron chi connectivity index (χ0n) is 8.87. The molecule has 2 heteroatoms. The molecule has 1 aliphatic carbocycles. The minimum atomic E-state index is -0.493. The highest BCUT2D eigenvalue weighted by molar-refractivity contribution is 5.36. The number of rotatable bonds is 1. The van der Waals surface area contributed by atoms with Crippen molar-refractivity contribution in [1.82, 2.24) is 5.32 Å². The minimum absolute atomic E-state index is 0.163. The van der Waals surface area contributed by atoms with Crippen molar-refractivity contribution in [2.75, 3.05) is 0 Å². The van der Waals surface area contributed by atoms with Gasteiger partial charge in [0.15, 0.2) is 0 Å². The summed E-state index contributed by atoms with van der Waals surface area (Å²) in [7, 11) is 0. The van der Waals surface area contributed by atoms with Crippen LogP contribution in [0.4, 0.5) is 0 Å². The lowest BCUT2D eigenvalue weighted by Crippen LogP contribution is -2.38. The maximum absolute atomic E-state index is 10.6. The van der Waals surface area contributed by atoms with Gasteiger partial charge in [0.05, 0.1) is 11.6 Å². The molecule has 0 radical (unpaired) electrons. The summed E-state index contributed by atoms with van der Waals surface area (Å²) < 4.78 is 0. The van der Waals surface area contributed by atoms with Crippen molar-refractivity contribution in [3.05, 3.63) is 35.4 Å². The molecular formula is C13H17NO. The second-order valence-electron chi connectivity index (χ2n) is 4.82. The van der Waals surface area contributed by atoms with Gasteiger partial charge in [-0.2, -0.15) is 0 Å². The fourth-order valence-electron chi connectivity index (χ4n) is 3.05. The Morgan fingerprint density at radius 3 is 2.73 bits per heavy atom. The number of hydrogen-bond donors (Lipinski definition) is 2. The van der Waals surface area contributed by atoms with Crippen LogP contribution in [0.2, 0.25) is 0 Å². The van der Waals surface area contributed by atoms with Crippen LogP contribution in [0, 0.1) is 0 Å². The van der Waals surface area contributed by atoms with E-state index in [1.54, 1.807) is 0 Å². The summed E-state index contributed by atoms with van der Waals surface area (Å²) in [6.07, 6.45) is 4.21. The van der Waals surface area contributed by atoms with Gasteiger partial charge in [-0.1, -0.05) is 37.1 Å². The summed E-state index contributed by atoms with van der Waals surface area (Å²) in [5, 5.41) is 14.0. The standard InChI is InChI=1S/C13H17NO/c15-13(7-3-4-8-13)12-11-6-2-1-5-10(11)9-14-12/h1-2,5-6,12,14-15H,3-4,7-9H2. The van der Waals surface area contributed by atoms with Crippen molar-refractivity contribution < 1.29 is 5.11 Å². The van der Waals surface area contributed by atoms with Gasteiger partial charge in [-0.05, 0) is 24.0 Å². The summed E-state index contributed by atoms with van der Waals surface area (Å²) in [4.78, 5) is 0. The molecule has 1 aromatic rings. The first-order valence-electron chi connectivity index (χ1n) is 5.83. The molecular weight excluding hydrogens is 186 g/mol. The molecule has 0 amide bonds. The maximum atomic E-state index is 10.6. The van der Waals surface area contributed by atoms with Crippen molar-refractivity contribution in [2.45, 2.75) is 43.9 Å². The van der Waals surface area contributed by atoms with Crippen molar-refractivity contribution in [3.63, 3.8) is 0 Å². The molecule has 1 aromatic carbocycles. The van der Waals surface area contributed by atoms with E-state index in [2.05, 4.69) is 29.6 Å². The third-order valence-electron chi connectivity index (χ3n) is 3.87. The summed E-state index contributed by atoms with van der Waals surface area (Å²) in [6, 6.07) is 8.60. The minimum Gasteiger partial charge on any atom is -0.388 e. The molecule has 1 atom stereocenters. The third-order valence-corrected chi connectivity index (χ3v) is 3.87. The average molecular weight is 203 g/mol. The smallest absolute Gasteiger partial charge is 0.0841 e. The van der Waals surface area contributed by atoms with Crippen LogP contribution in [0.1, 0.15) is 42.9 Å². The molecule has 0 spiro atoms. The van der Waals surface area contributed by atoms with Crippen LogP contribution in [-0.2, 0) is 6.54 Å². The summed E-state index contributed by atoms with van der Waals surface area (Å²) in [5.41, 5.74) is 2.16. The highest BCUT2D eigenvalue weighted by Crippen LogP contribution is 2.43. The van der Waals surface area contributed by atoms with Crippen molar-refractivity contribution >= 4 is 0 Å². The lowest BCUT2D eigenvalue weighted by Gasteiger charge is -2.30. The molecule has 0 aromatic heterocycles. The number of hydrogen-bond acceptors (Lipinski definition) is 2. The van der Waals surface area contributed by atoms with E-state index in [4.69, 9.17) is 0 Å². The van der Waals surface area contributed by atoms with E-state index < -0.39 is 5.60 Å². The lowest BCUT2D eigenvalue weighted by molar-refractivity contribution is 0.0104. The Kier molecular flexibility index (Phi) is 2.08. The van der Waals surface area contributed by atoms with Crippen LogP contribution in [0.25, 0.3) is 0 Å². The van der Waals surface area contributed by atoms with E-state index in [0.717, 1.165) is 32.2 Å². The maximum Gasteiger partial charge on any atom is 0.0841 e. The Morgan fingerprint density at radius 1 is 1.20 bits per heavy atom. The predicted molar refractivity (Wildman–Crippen MR) is 59.4 cm³/mol. The van der Waals surface area contributed by atoms with Gasteiger partial charge in [-0.3, -0.25) is 0 Å². The Hall–Kier alpha value is -0.860. The highest BCUT2D eigenvalue weighted by Gasteiger charge is 2.42. The molecule has 2 aliphatic rings. The monoisotopic (exact) mass is 203 g/mol. The molecule has 15 heavy (non-hydrogen) atoms. The first-order valence-corrected chi connectivity index (χ1v) is 5.83. The molecule has 1 saturated carbocycles.